The first-order valence-corrected chi connectivity index (χ1v) is 17.5. The number of aryl methyl sites for hydroxylation is 1. The van der Waals surface area contributed by atoms with E-state index < -0.39 is 34.9 Å². The molecular formula is C41H46F6O3. The smallest absolute Gasteiger partial charge is 0.201 e. The lowest BCUT2D eigenvalue weighted by Crippen LogP contribution is -2.01. The summed E-state index contributed by atoms with van der Waals surface area (Å²) in [5.41, 5.74) is -0.169. The van der Waals surface area contributed by atoms with Crippen molar-refractivity contribution < 1.29 is 40.6 Å². The van der Waals surface area contributed by atoms with Crippen LogP contribution in [-0.4, -0.2) is 19.8 Å². The second-order valence-electron chi connectivity index (χ2n) is 12.7. The Morgan fingerprint density at radius 2 is 0.960 bits per heavy atom. The lowest BCUT2D eigenvalue weighted by molar-refractivity contribution is 0.300. The molecule has 50 heavy (non-hydrogen) atoms. The number of hydrogen-bond donors (Lipinski definition) is 0. The van der Waals surface area contributed by atoms with Crippen LogP contribution in [0.5, 0.6) is 17.2 Å². The van der Waals surface area contributed by atoms with Crippen LogP contribution in [0.4, 0.5) is 26.3 Å². The average Bonchev–Trinajstić information content (AvgIpc) is 3.09. The lowest BCUT2D eigenvalue weighted by atomic mass is 9.96. The first-order valence-electron chi connectivity index (χ1n) is 17.5. The standard InChI is InChI=1S/C41H46F6O3/c1-4-48-37-22-21-34(40(46)41(37)47)32-20-17-30(26-36(32)43)50-24-12-8-6-10-14-27(2)13-9-5-7-11-23-49-29-16-19-31(35(42)25-29)33-18-15-28(3)38(44)39(33)45/h15-22,25-27H,4-14,23-24H2,1-3H3. The first-order chi connectivity index (χ1) is 24.1. The topological polar surface area (TPSA) is 27.7 Å². The lowest BCUT2D eigenvalue weighted by Gasteiger charge is -2.12. The van der Waals surface area contributed by atoms with Crippen LogP contribution in [0, 0.1) is 47.7 Å². The molecule has 0 spiro atoms. The fourth-order valence-corrected chi connectivity index (χ4v) is 5.89. The molecule has 0 aliphatic rings. The maximum Gasteiger partial charge on any atom is 0.201 e. The molecule has 9 heteroatoms. The zero-order valence-electron chi connectivity index (χ0n) is 29.0. The molecule has 0 fully saturated rings. The van der Waals surface area contributed by atoms with Gasteiger partial charge in [0.05, 0.1) is 19.8 Å². The zero-order chi connectivity index (χ0) is 36.0. The van der Waals surface area contributed by atoms with E-state index in [1.165, 1.54) is 55.5 Å². The van der Waals surface area contributed by atoms with Crippen molar-refractivity contribution in [2.24, 2.45) is 5.92 Å². The molecule has 1 unspecified atom stereocenters. The molecule has 0 N–H and O–H groups in total. The van der Waals surface area contributed by atoms with E-state index >= 15 is 0 Å². The molecule has 0 aliphatic carbocycles. The molecular weight excluding hydrogens is 654 g/mol. The van der Waals surface area contributed by atoms with Crippen LogP contribution in [-0.2, 0) is 0 Å². The molecule has 0 saturated carbocycles. The van der Waals surface area contributed by atoms with Crippen molar-refractivity contribution in [3.8, 4) is 39.5 Å². The second-order valence-corrected chi connectivity index (χ2v) is 12.7. The molecule has 0 amide bonds. The fourth-order valence-electron chi connectivity index (χ4n) is 5.89. The summed E-state index contributed by atoms with van der Waals surface area (Å²) in [6.45, 7) is 6.48. The molecule has 4 aromatic carbocycles. The van der Waals surface area contributed by atoms with Crippen molar-refractivity contribution in [1.82, 2.24) is 0 Å². The highest BCUT2D eigenvalue weighted by atomic mass is 19.2. The number of halogens is 6. The van der Waals surface area contributed by atoms with Crippen LogP contribution in [0.1, 0.15) is 83.6 Å². The molecule has 0 aliphatic heterocycles. The van der Waals surface area contributed by atoms with Gasteiger partial charge in [-0.25, -0.2) is 22.0 Å². The third kappa shape index (κ3) is 10.7. The van der Waals surface area contributed by atoms with Crippen molar-refractivity contribution in [3.05, 3.63) is 101 Å². The van der Waals surface area contributed by atoms with E-state index in [4.69, 9.17) is 14.2 Å². The van der Waals surface area contributed by atoms with Gasteiger partial charge in [-0.2, -0.15) is 4.39 Å². The minimum Gasteiger partial charge on any atom is -0.493 e. The Bertz CT molecular complexity index is 1690. The van der Waals surface area contributed by atoms with E-state index in [0.717, 1.165) is 64.2 Å². The summed E-state index contributed by atoms with van der Waals surface area (Å²) in [6.07, 6.45) is 10.4. The molecule has 0 bridgehead atoms. The highest BCUT2D eigenvalue weighted by Gasteiger charge is 2.19. The van der Waals surface area contributed by atoms with E-state index in [-0.39, 0.29) is 40.2 Å². The van der Waals surface area contributed by atoms with Gasteiger partial charge in [-0.1, -0.05) is 70.4 Å². The summed E-state index contributed by atoms with van der Waals surface area (Å²) in [7, 11) is 0. The van der Waals surface area contributed by atoms with Crippen LogP contribution in [0.3, 0.4) is 0 Å². The predicted octanol–water partition coefficient (Wildman–Crippen LogP) is 12.6. The Morgan fingerprint density at radius 3 is 1.46 bits per heavy atom. The molecule has 0 saturated heterocycles. The van der Waals surface area contributed by atoms with Gasteiger partial charge < -0.3 is 14.2 Å². The van der Waals surface area contributed by atoms with Crippen molar-refractivity contribution in [2.45, 2.75) is 85.0 Å². The predicted molar refractivity (Wildman–Crippen MR) is 186 cm³/mol. The molecule has 1 atom stereocenters. The summed E-state index contributed by atoms with van der Waals surface area (Å²) in [5, 5.41) is 0. The van der Waals surface area contributed by atoms with Crippen molar-refractivity contribution in [1.29, 1.82) is 0 Å². The Kier molecular flexibility index (Phi) is 14.9. The Hall–Kier alpha value is -4.14. The van der Waals surface area contributed by atoms with Gasteiger partial charge in [-0.3, -0.25) is 0 Å². The van der Waals surface area contributed by atoms with Crippen molar-refractivity contribution >= 4 is 0 Å². The van der Waals surface area contributed by atoms with E-state index in [1.54, 1.807) is 19.1 Å². The number of benzene rings is 4. The Labute approximate surface area is 291 Å². The van der Waals surface area contributed by atoms with Gasteiger partial charge in [0.25, 0.3) is 0 Å². The highest BCUT2D eigenvalue weighted by Crippen LogP contribution is 2.33. The number of hydrogen-bond acceptors (Lipinski definition) is 3. The van der Waals surface area contributed by atoms with Crippen LogP contribution < -0.4 is 14.2 Å². The van der Waals surface area contributed by atoms with Crippen LogP contribution in [0.15, 0.2) is 60.7 Å². The zero-order valence-corrected chi connectivity index (χ0v) is 29.0. The number of unbranched alkanes of at least 4 members (excludes halogenated alkanes) is 6. The quantitative estimate of drug-likeness (QED) is 0.0678. The Morgan fingerprint density at radius 1 is 0.500 bits per heavy atom. The van der Waals surface area contributed by atoms with Gasteiger partial charge in [-0.05, 0) is 74.6 Å². The van der Waals surface area contributed by atoms with Gasteiger partial charge in [0.1, 0.15) is 23.1 Å². The van der Waals surface area contributed by atoms with Gasteiger partial charge in [0.2, 0.25) is 5.82 Å². The van der Waals surface area contributed by atoms with E-state index in [2.05, 4.69) is 6.92 Å². The molecule has 3 nitrogen and oxygen atoms in total. The van der Waals surface area contributed by atoms with Gasteiger partial charge in [-0.15, -0.1) is 0 Å². The van der Waals surface area contributed by atoms with E-state index in [1.807, 2.05) is 0 Å². The van der Waals surface area contributed by atoms with Crippen LogP contribution >= 0.6 is 0 Å². The minimum absolute atomic E-state index is 0.00452. The number of rotatable bonds is 20. The maximum atomic E-state index is 14.7. The fraction of sp³-hybridized carbons (Fsp3) is 0.415. The Balaban J connectivity index is 1.03. The van der Waals surface area contributed by atoms with Crippen molar-refractivity contribution in [2.75, 3.05) is 19.8 Å². The third-order valence-corrected chi connectivity index (χ3v) is 8.80. The third-order valence-electron chi connectivity index (χ3n) is 8.80. The molecule has 270 valence electrons. The van der Waals surface area contributed by atoms with Gasteiger partial charge in [0, 0.05) is 34.4 Å². The molecule has 0 aromatic heterocycles. The van der Waals surface area contributed by atoms with Crippen LogP contribution in [0.2, 0.25) is 0 Å². The first kappa shape index (κ1) is 38.7. The monoisotopic (exact) mass is 700 g/mol. The molecule has 4 rings (SSSR count). The minimum atomic E-state index is -1.15. The summed E-state index contributed by atoms with van der Waals surface area (Å²) in [6, 6.07) is 13.7. The summed E-state index contributed by atoms with van der Waals surface area (Å²) in [4.78, 5) is 0. The SMILES string of the molecule is CCOc1ccc(-c2ccc(OCCCCCCC(C)CCCCCCOc3ccc(-c4ccc(C)c(F)c4F)c(F)c3)cc2F)c(F)c1F. The van der Waals surface area contributed by atoms with Crippen molar-refractivity contribution in [3.63, 3.8) is 0 Å². The van der Waals surface area contributed by atoms with Gasteiger partial charge in [0.15, 0.2) is 23.2 Å². The highest BCUT2D eigenvalue weighted by molar-refractivity contribution is 5.67. The molecule has 4 aromatic rings. The summed E-state index contributed by atoms with van der Waals surface area (Å²) >= 11 is 0. The van der Waals surface area contributed by atoms with E-state index in [9.17, 15) is 26.3 Å². The molecule has 0 heterocycles. The summed E-state index contributed by atoms with van der Waals surface area (Å²) in [5.74, 6) is -4.55. The van der Waals surface area contributed by atoms with E-state index in [0.29, 0.717) is 30.6 Å². The second kappa shape index (κ2) is 19.3. The largest absolute Gasteiger partial charge is 0.493 e. The summed E-state index contributed by atoms with van der Waals surface area (Å²) < 4.78 is 103. The van der Waals surface area contributed by atoms with Crippen LogP contribution in [0.25, 0.3) is 22.3 Å². The van der Waals surface area contributed by atoms with Gasteiger partial charge >= 0.3 is 0 Å². The average molecular weight is 701 g/mol. The normalized spacial score (nSPS) is 11.9. The molecule has 0 radical (unpaired) electrons. The maximum absolute atomic E-state index is 14.7. The number of ether oxygens (including phenoxy) is 3.